The molecular weight excluding hydrogens is 226 g/mol. The van der Waals surface area contributed by atoms with Crippen molar-refractivity contribution in [2.45, 2.75) is 20.3 Å². The number of hydrogen-bond acceptors (Lipinski definition) is 2. The van der Waals surface area contributed by atoms with Gasteiger partial charge < -0.3 is 4.74 Å². The summed E-state index contributed by atoms with van der Waals surface area (Å²) in [5.74, 6) is -7.43. The van der Waals surface area contributed by atoms with E-state index in [9.17, 15) is 17.6 Å². The van der Waals surface area contributed by atoms with Gasteiger partial charge in [-0.15, -0.1) is 0 Å². The zero-order chi connectivity index (χ0) is 12.3. The van der Waals surface area contributed by atoms with Crippen molar-refractivity contribution in [3.8, 4) is 5.75 Å². The lowest BCUT2D eigenvalue weighted by atomic mass is 10.1. The van der Waals surface area contributed by atoms with Crippen LogP contribution in [0, 0.1) is 29.4 Å². The van der Waals surface area contributed by atoms with Gasteiger partial charge in [0.05, 0.1) is 6.61 Å². The van der Waals surface area contributed by atoms with Gasteiger partial charge in [-0.3, -0.25) is 0 Å². The van der Waals surface area contributed by atoms with Crippen molar-refractivity contribution in [3.63, 3.8) is 0 Å². The molecule has 16 heavy (non-hydrogen) atoms. The molecule has 6 heteroatoms. The molecule has 0 bridgehead atoms. The number of pyridine rings is 1. The Hall–Kier alpha value is -1.33. The Morgan fingerprint density at radius 2 is 1.56 bits per heavy atom. The molecule has 0 unspecified atom stereocenters. The Labute approximate surface area is 90.3 Å². The molecule has 1 aromatic heterocycles. The number of hydrogen-bond donors (Lipinski definition) is 0. The van der Waals surface area contributed by atoms with Crippen molar-refractivity contribution in [2.24, 2.45) is 5.92 Å². The Morgan fingerprint density at radius 1 is 1.06 bits per heavy atom. The third kappa shape index (κ3) is 2.84. The highest BCUT2D eigenvalue weighted by atomic mass is 19.2. The van der Waals surface area contributed by atoms with E-state index in [0.717, 1.165) is 0 Å². The van der Waals surface area contributed by atoms with Crippen molar-refractivity contribution in [3.05, 3.63) is 23.5 Å². The second kappa shape index (κ2) is 5.14. The minimum atomic E-state index is -1.71. The fraction of sp³-hybridized carbons (Fsp3) is 0.500. The molecule has 2 nitrogen and oxygen atoms in total. The number of aromatic nitrogens is 1. The second-order valence-electron chi connectivity index (χ2n) is 3.68. The lowest BCUT2D eigenvalue weighted by Gasteiger charge is -2.09. The van der Waals surface area contributed by atoms with E-state index >= 15 is 0 Å². The summed E-state index contributed by atoms with van der Waals surface area (Å²) in [5, 5.41) is 0. The summed E-state index contributed by atoms with van der Waals surface area (Å²) in [4.78, 5) is 2.41. The normalized spacial score (nSPS) is 10.9. The second-order valence-corrected chi connectivity index (χ2v) is 3.68. The summed E-state index contributed by atoms with van der Waals surface area (Å²) in [6.45, 7) is 3.74. The molecule has 90 valence electrons. The van der Waals surface area contributed by atoms with Crippen LogP contribution in [0.3, 0.4) is 0 Å². The zero-order valence-electron chi connectivity index (χ0n) is 8.86. The fourth-order valence-corrected chi connectivity index (χ4v) is 0.991. The van der Waals surface area contributed by atoms with Gasteiger partial charge in [-0.2, -0.15) is 22.5 Å². The largest absolute Gasteiger partial charge is 0.487 e. The van der Waals surface area contributed by atoms with Crippen molar-refractivity contribution < 1.29 is 22.3 Å². The van der Waals surface area contributed by atoms with Gasteiger partial charge >= 0.3 is 0 Å². The highest BCUT2D eigenvalue weighted by Gasteiger charge is 2.21. The molecule has 0 saturated heterocycles. The third-order valence-corrected chi connectivity index (χ3v) is 1.90. The summed E-state index contributed by atoms with van der Waals surface area (Å²) < 4.78 is 55.9. The van der Waals surface area contributed by atoms with E-state index in [-0.39, 0.29) is 12.5 Å². The molecule has 1 rings (SSSR count). The average molecular weight is 237 g/mol. The minimum absolute atomic E-state index is 0.0194. The van der Waals surface area contributed by atoms with Crippen LogP contribution in [0.25, 0.3) is 0 Å². The monoisotopic (exact) mass is 237 g/mol. The van der Waals surface area contributed by atoms with Crippen molar-refractivity contribution in [2.75, 3.05) is 6.61 Å². The van der Waals surface area contributed by atoms with Gasteiger partial charge in [0, 0.05) is 0 Å². The third-order valence-electron chi connectivity index (χ3n) is 1.90. The summed E-state index contributed by atoms with van der Waals surface area (Å²) in [6.07, 6.45) is 0.518. The van der Waals surface area contributed by atoms with E-state index in [1.54, 1.807) is 0 Å². The smallest absolute Gasteiger partial charge is 0.255 e. The lowest BCUT2D eigenvalue weighted by molar-refractivity contribution is 0.247. The van der Waals surface area contributed by atoms with Gasteiger partial charge in [0.25, 0.3) is 11.9 Å². The Kier molecular flexibility index (Phi) is 4.09. The molecule has 0 atom stereocenters. The average Bonchev–Trinajstić information content (AvgIpc) is 2.20. The Bertz CT molecular complexity index is 355. The molecule has 0 aliphatic rings. The molecule has 0 fully saturated rings. The van der Waals surface area contributed by atoms with Crippen LogP contribution in [-0.4, -0.2) is 11.6 Å². The van der Waals surface area contributed by atoms with Crippen LogP contribution in [0.5, 0.6) is 5.75 Å². The molecule has 0 N–H and O–H groups in total. The lowest BCUT2D eigenvalue weighted by Crippen LogP contribution is -2.08. The van der Waals surface area contributed by atoms with Gasteiger partial charge in [0.15, 0.2) is 5.75 Å². The van der Waals surface area contributed by atoms with Gasteiger partial charge in [-0.25, -0.2) is 0 Å². The van der Waals surface area contributed by atoms with Crippen LogP contribution < -0.4 is 4.74 Å². The maximum Gasteiger partial charge on any atom is 0.255 e. The van der Waals surface area contributed by atoms with Gasteiger partial charge in [0.1, 0.15) is 0 Å². The summed E-state index contributed by atoms with van der Waals surface area (Å²) in [6, 6.07) is 0. The zero-order valence-corrected chi connectivity index (χ0v) is 8.86. The van der Waals surface area contributed by atoms with Crippen LogP contribution in [0.4, 0.5) is 17.6 Å². The first kappa shape index (κ1) is 12.7. The highest BCUT2D eigenvalue weighted by molar-refractivity contribution is 5.24. The number of nitrogens with zero attached hydrogens (tertiary/aromatic N) is 1. The SMILES string of the molecule is CC(C)CCOc1c(F)c(F)nc(F)c1F. The van der Waals surface area contributed by atoms with E-state index in [4.69, 9.17) is 0 Å². The number of halogens is 4. The number of ether oxygens (including phenoxy) is 1. The maximum absolute atomic E-state index is 13.0. The van der Waals surface area contributed by atoms with Crippen molar-refractivity contribution in [1.82, 2.24) is 4.98 Å². The molecule has 0 radical (unpaired) electrons. The van der Waals surface area contributed by atoms with Crippen LogP contribution in [0.1, 0.15) is 20.3 Å². The van der Waals surface area contributed by atoms with Gasteiger partial charge in [-0.1, -0.05) is 13.8 Å². The summed E-state index contributed by atoms with van der Waals surface area (Å²) >= 11 is 0. The molecule has 0 spiro atoms. The molecular formula is C10H11F4NO. The van der Waals surface area contributed by atoms with E-state index in [2.05, 4.69) is 9.72 Å². The Balaban J connectivity index is 2.86. The maximum atomic E-state index is 13.0. The topological polar surface area (TPSA) is 22.1 Å². The van der Waals surface area contributed by atoms with Crippen molar-refractivity contribution in [1.29, 1.82) is 0 Å². The molecule has 0 aliphatic carbocycles. The van der Waals surface area contributed by atoms with Crippen molar-refractivity contribution >= 4 is 0 Å². The minimum Gasteiger partial charge on any atom is -0.487 e. The first-order valence-electron chi connectivity index (χ1n) is 4.76. The van der Waals surface area contributed by atoms with E-state index in [0.29, 0.717) is 6.42 Å². The molecule has 0 saturated carbocycles. The van der Waals surface area contributed by atoms with Crippen LogP contribution in [-0.2, 0) is 0 Å². The van der Waals surface area contributed by atoms with Crippen LogP contribution >= 0.6 is 0 Å². The predicted octanol–water partition coefficient (Wildman–Crippen LogP) is 3.06. The van der Waals surface area contributed by atoms with Crippen LogP contribution in [0.2, 0.25) is 0 Å². The molecule has 1 heterocycles. The first-order chi connectivity index (χ1) is 7.43. The van der Waals surface area contributed by atoms with Gasteiger partial charge in [-0.05, 0) is 12.3 Å². The first-order valence-corrected chi connectivity index (χ1v) is 4.76. The summed E-state index contributed by atoms with van der Waals surface area (Å²) in [7, 11) is 0. The molecule has 0 amide bonds. The van der Waals surface area contributed by atoms with E-state index < -0.39 is 29.3 Å². The standard InChI is InChI=1S/C10H11F4NO/c1-5(2)3-4-16-8-6(11)9(13)15-10(14)7(8)12/h5H,3-4H2,1-2H3. The molecule has 0 aliphatic heterocycles. The molecule has 0 aromatic carbocycles. The van der Waals surface area contributed by atoms with Crippen LogP contribution in [0.15, 0.2) is 0 Å². The number of rotatable bonds is 4. The van der Waals surface area contributed by atoms with Gasteiger partial charge in [0.2, 0.25) is 11.6 Å². The molecule has 1 aromatic rings. The highest BCUT2D eigenvalue weighted by Crippen LogP contribution is 2.24. The predicted molar refractivity (Wildman–Crippen MR) is 49.0 cm³/mol. The fourth-order valence-electron chi connectivity index (χ4n) is 0.991. The van der Waals surface area contributed by atoms with E-state index in [1.165, 1.54) is 0 Å². The quantitative estimate of drug-likeness (QED) is 0.593. The Morgan fingerprint density at radius 3 is 2.00 bits per heavy atom. The summed E-state index contributed by atoms with van der Waals surface area (Å²) in [5.41, 5.74) is 0. The van der Waals surface area contributed by atoms with E-state index in [1.807, 2.05) is 13.8 Å².